The molecule has 4 heteroatoms. The van der Waals surface area contributed by atoms with Gasteiger partial charge in [-0.15, -0.1) is 0 Å². The first-order valence-corrected chi connectivity index (χ1v) is 14.1. The second-order valence-corrected chi connectivity index (χ2v) is 12.4. The molecule has 0 saturated carbocycles. The van der Waals surface area contributed by atoms with Crippen LogP contribution in [0.25, 0.3) is 0 Å². The second-order valence-electron chi connectivity index (χ2n) is 12.0. The van der Waals surface area contributed by atoms with Crippen LogP contribution in [0.3, 0.4) is 0 Å². The lowest BCUT2D eigenvalue weighted by atomic mass is 9.66. The van der Waals surface area contributed by atoms with Crippen molar-refractivity contribution in [3.8, 4) is 0 Å². The van der Waals surface area contributed by atoms with Crippen molar-refractivity contribution in [2.75, 3.05) is 26.2 Å². The number of halogens is 1. The van der Waals surface area contributed by atoms with Crippen LogP contribution in [0, 0.1) is 29.1 Å². The summed E-state index contributed by atoms with van der Waals surface area (Å²) in [5.74, 6) is 2.54. The Balaban J connectivity index is 1.27. The third-order valence-electron chi connectivity index (χ3n) is 8.64. The van der Waals surface area contributed by atoms with Gasteiger partial charge in [0.2, 0.25) is 0 Å². The number of hydrogen-bond acceptors (Lipinski definition) is 3. The summed E-state index contributed by atoms with van der Waals surface area (Å²) in [5.41, 5.74) is 1.89. The molecule has 0 spiro atoms. The predicted octanol–water partition coefficient (Wildman–Crippen LogP) is 6.77. The summed E-state index contributed by atoms with van der Waals surface area (Å²) in [5, 5.41) is 4.77. The number of allylic oxidation sites excluding steroid dienone is 6. The summed E-state index contributed by atoms with van der Waals surface area (Å²) in [7, 11) is 0. The van der Waals surface area contributed by atoms with E-state index in [1.165, 1.54) is 38.8 Å². The van der Waals surface area contributed by atoms with Gasteiger partial charge in [0.05, 0.1) is 6.04 Å². The van der Waals surface area contributed by atoms with Gasteiger partial charge >= 0.3 is 0 Å². The van der Waals surface area contributed by atoms with Gasteiger partial charge in [0.15, 0.2) is 0 Å². The van der Waals surface area contributed by atoms with Gasteiger partial charge in [-0.1, -0.05) is 69.7 Å². The van der Waals surface area contributed by atoms with Gasteiger partial charge in [-0.25, -0.2) is 0 Å². The Bertz CT molecular complexity index is 834. The standard InChI is InChI=1S/C30H46ClN3/c1-22(2)29(32-17-7-8-23-15-18-33-28-10-6-5-9-26(23)28)20-34-19-16-27(30(3,4)21-34)24-11-13-25(31)14-12-24/h7-9,11,13-14,18,22-24,27-29,32H,5-6,10,12,15-17,19-21H2,1-4H3/t23?,24?,27?,28?,29-/m0/s1. The molecule has 188 valence electrons. The molecule has 0 aromatic carbocycles. The first-order chi connectivity index (χ1) is 16.3. The van der Waals surface area contributed by atoms with Crippen LogP contribution in [0.1, 0.15) is 66.2 Å². The van der Waals surface area contributed by atoms with E-state index in [-0.39, 0.29) is 0 Å². The lowest BCUT2D eigenvalue weighted by molar-refractivity contribution is 0.0255. The molecule has 0 amide bonds. The van der Waals surface area contributed by atoms with Crippen LogP contribution in [0.4, 0.5) is 0 Å². The number of rotatable bonds is 8. The van der Waals surface area contributed by atoms with E-state index in [0.29, 0.717) is 35.3 Å². The molecule has 1 saturated heterocycles. The fourth-order valence-electron chi connectivity index (χ4n) is 6.65. The molecule has 4 rings (SSSR count). The van der Waals surface area contributed by atoms with Crippen LogP contribution in [0.15, 0.2) is 52.1 Å². The Kier molecular flexibility index (Phi) is 8.93. The zero-order valence-corrected chi connectivity index (χ0v) is 22.6. The SMILES string of the molecule is CC(C)[C@H](CN1CCC(C2C=CC(Cl)=CC2)C(C)(C)C1)NCC=CC1CC=NC2CCCC=C12. The van der Waals surface area contributed by atoms with Gasteiger partial charge in [-0.2, -0.15) is 0 Å². The highest BCUT2D eigenvalue weighted by atomic mass is 35.5. The van der Waals surface area contributed by atoms with Gasteiger partial charge in [0.1, 0.15) is 0 Å². The summed E-state index contributed by atoms with van der Waals surface area (Å²) < 4.78 is 0. The van der Waals surface area contributed by atoms with Crippen molar-refractivity contribution in [2.24, 2.45) is 34.1 Å². The Morgan fingerprint density at radius 2 is 2.09 bits per heavy atom. The fourth-order valence-corrected chi connectivity index (χ4v) is 6.82. The minimum Gasteiger partial charge on any atom is -0.309 e. The maximum absolute atomic E-state index is 6.17. The highest BCUT2D eigenvalue weighted by Gasteiger charge is 2.40. The van der Waals surface area contributed by atoms with Gasteiger partial charge in [-0.05, 0) is 79.9 Å². The monoisotopic (exact) mass is 483 g/mol. The molecule has 0 bridgehead atoms. The van der Waals surface area contributed by atoms with Gasteiger partial charge in [-0.3, -0.25) is 4.99 Å². The van der Waals surface area contributed by atoms with Gasteiger partial charge < -0.3 is 10.2 Å². The maximum atomic E-state index is 6.17. The lowest BCUT2D eigenvalue weighted by Gasteiger charge is -2.48. The zero-order valence-electron chi connectivity index (χ0n) is 21.8. The van der Waals surface area contributed by atoms with E-state index in [4.69, 9.17) is 16.6 Å². The van der Waals surface area contributed by atoms with Crippen LogP contribution < -0.4 is 5.32 Å². The molecule has 3 nitrogen and oxygen atoms in total. The molecule has 0 aromatic rings. The molecule has 5 atom stereocenters. The van der Waals surface area contributed by atoms with Crippen molar-refractivity contribution in [2.45, 2.75) is 78.3 Å². The number of nitrogens with zero attached hydrogens (tertiary/aromatic N) is 2. The number of likely N-dealkylation sites (tertiary alicyclic amines) is 1. The molecule has 4 aliphatic rings. The lowest BCUT2D eigenvalue weighted by Crippen LogP contribution is -2.52. The average molecular weight is 484 g/mol. The largest absolute Gasteiger partial charge is 0.309 e. The minimum atomic E-state index is 0.319. The summed E-state index contributed by atoms with van der Waals surface area (Å²) in [6.07, 6.45) is 23.3. The average Bonchev–Trinajstić information content (AvgIpc) is 2.81. The van der Waals surface area contributed by atoms with E-state index >= 15 is 0 Å². The first kappa shape index (κ1) is 25.9. The number of fused-ring (bicyclic) bond motifs is 1. The van der Waals surface area contributed by atoms with Crippen LogP contribution >= 0.6 is 11.6 Å². The quantitative estimate of drug-likeness (QED) is 0.385. The van der Waals surface area contributed by atoms with Crippen molar-refractivity contribution in [3.63, 3.8) is 0 Å². The van der Waals surface area contributed by atoms with Crippen molar-refractivity contribution in [1.82, 2.24) is 10.2 Å². The van der Waals surface area contributed by atoms with Crippen LogP contribution in [0.5, 0.6) is 0 Å². The molecule has 2 aliphatic heterocycles. The summed E-state index contributed by atoms with van der Waals surface area (Å²) in [6, 6.07) is 0.972. The predicted molar refractivity (Wildman–Crippen MR) is 148 cm³/mol. The van der Waals surface area contributed by atoms with Gasteiger partial charge in [0, 0.05) is 42.8 Å². The zero-order chi connectivity index (χ0) is 24.1. The van der Waals surface area contributed by atoms with Crippen molar-refractivity contribution < 1.29 is 0 Å². The topological polar surface area (TPSA) is 27.6 Å². The van der Waals surface area contributed by atoms with E-state index < -0.39 is 0 Å². The molecule has 4 unspecified atom stereocenters. The Morgan fingerprint density at radius 3 is 2.82 bits per heavy atom. The molecule has 0 aromatic heterocycles. The van der Waals surface area contributed by atoms with Crippen molar-refractivity contribution >= 4 is 17.8 Å². The van der Waals surface area contributed by atoms with E-state index in [9.17, 15) is 0 Å². The van der Waals surface area contributed by atoms with E-state index in [0.717, 1.165) is 36.9 Å². The molecular formula is C30H46ClN3. The maximum Gasteiger partial charge on any atom is 0.0711 e. The molecule has 1 N–H and O–H groups in total. The summed E-state index contributed by atoms with van der Waals surface area (Å²) in [4.78, 5) is 7.45. The van der Waals surface area contributed by atoms with E-state index in [1.807, 2.05) is 0 Å². The Morgan fingerprint density at radius 1 is 1.24 bits per heavy atom. The van der Waals surface area contributed by atoms with Crippen molar-refractivity contribution in [3.05, 3.63) is 47.1 Å². The normalized spacial score (nSPS) is 32.5. The number of nitrogens with one attached hydrogen (secondary N) is 1. The Hall–Kier alpha value is -1.16. The van der Waals surface area contributed by atoms with Crippen molar-refractivity contribution in [1.29, 1.82) is 0 Å². The second kappa shape index (κ2) is 11.7. The smallest absolute Gasteiger partial charge is 0.0711 e. The highest BCUT2D eigenvalue weighted by Crippen LogP contribution is 2.43. The van der Waals surface area contributed by atoms with E-state index in [2.05, 4.69) is 80.6 Å². The first-order valence-electron chi connectivity index (χ1n) is 13.7. The third-order valence-corrected chi connectivity index (χ3v) is 8.92. The molecule has 1 fully saturated rings. The van der Waals surface area contributed by atoms with Crippen LogP contribution in [0.2, 0.25) is 0 Å². The third kappa shape index (κ3) is 6.53. The number of piperidine rings is 1. The van der Waals surface area contributed by atoms with E-state index in [1.54, 1.807) is 5.57 Å². The summed E-state index contributed by atoms with van der Waals surface area (Å²) in [6.45, 7) is 14.1. The number of hydrogen-bond donors (Lipinski definition) is 1. The molecule has 2 aliphatic carbocycles. The van der Waals surface area contributed by atoms with Crippen LogP contribution in [-0.4, -0.2) is 49.4 Å². The van der Waals surface area contributed by atoms with Crippen LogP contribution in [-0.2, 0) is 0 Å². The van der Waals surface area contributed by atoms with Gasteiger partial charge in [0.25, 0.3) is 0 Å². The number of aliphatic imine (C=N–C) groups is 1. The Labute approximate surface area is 213 Å². The molecule has 34 heavy (non-hydrogen) atoms. The summed E-state index contributed by atoms with van der Waals surface area (Å²) >= 11 is 6.17. The fraction of sp³-hybridized carbons (Fsp3) is 0.700. The molecule has 0 radical (unpaired) electrons. The molecular weight excluding hydrogens is 438 g/mol. The highest BCUT2D eigenvalue weighted by molar-refractivity contribution is 6.31. The minimum absolute atomic E-state index is 0.319. The molecule has 2 heterocycles.